The summed E-state index contributed by atoms with van der Waals surface area (Å²) in [6.45, 7) is 0. The molecule has 0 bridgehead atoms. The molecule has 2 heterocycles. The molecule has 0 saturated carbocycles. The third-order valence-electron chi connectivity index (χ3n) is 3.94. The molecule has 0 aliphatic carbocycles. The van der Waals surface area contributed by atoms with Crippen LogP contribution >= 0.6 is 35.0 Å². The zero-order valence-corrected chi connectivity index (χ0v) is 16.7. The Kier molecular flexibility index (Phi) is 5.52. The smallest absolute Gasteiger partial charge is 0.205 e. The van der Waals surface area contributed by atoms with Crippen molar-refractivity contribution in [3.05, 3.63) is 82.5 Å². The molecule has 0 saturated heterocycles. The van der Waals surface area contributed by atoms with Crippen LogP contribution in [-0.4, -0.2) is 26.3 Å². The third-order valence-corrected chi connectivity index (χ3v) is 5.36. The van der Waals surface area contributed by atoms with Crippen molar-refractivity contribution in [3.63, 3.8) is 0 Å². The van der Waals surface area contributed by atoms with Crippen LogP contribution in [0.4, 0.5) is 0 Å². The van der Waals surface area contributed by atoms with Crippen LogP contribution in [-0.2, 0) is 0 Å². The van der Waals surface area contributed by atoms with E-state index in [0.717, 1.165) is 5.69 Å². The molecule has 0 aliphatic heterocycles. The van der Waals surface area contributed by atoms with Gasteiger partial charge in [-0.15, -0.1) is 10.2 Å². The first-order chi connectivity index (χ1) is 13.6. The van der Waals surface area contributed by atoms with Gasteiger partial charge in [0.05, 0.1) is 17.7 Å². The van der Waals surface area contributed by atoms with Crippen molar-refractivity contribution in [2.45, 2.75) is 5.16 Å². The number of ketones is 1. The summed E-state index contributed by atoms with van der Waals surface area (Å²) in [6, 6.07) is 17.7. The maximum absolute atomic E-state index is 12.5. The third kappa shape index (κ3) is 3.99. The van der Waals surface area contributed by atoms with E-state index in [2.05, 4.69) is 10.2 Å². The van der Waals surface area contributed by atoms with Crippen molar-refractivity contribution >= 4 is 40.7 Å². The monoisotopic (exact) mass is 429 g/mol. The second-order valence-corrected chi connectivity index (χ2v) is 7.63. The first-order valence-corrected chi connectivity index (χ1v) is 10.0. The molecule has 8 heteroatoms. The van der Waals surface area contributed by atoms with Gasteiger partial charge in [0.15, 0.2) is 16.7 Å². The number of hydrogen-bond acceptors (Lipinski definition) is 5. The van der Waals surface area contributed by atoms with Crippen LogP contribution in [0.3, 0.4) is 0 Å². The van der Waals surface area contributed by atoms with Crippen LogP contribution in [0.2, 0.25) is 10.0 Å². The zero-order valence-electron chi connectivity index (χ0n) is 14.4. The molecule has 5 nitrogen and oxygen atoms in total. The number of furan rings is 1. The van der Waals surface area contributed by atoms with E-state index < -0.39 is 0 Å². The highest BCUT2D eigenvalue weighted by Gasteiger charge is 2.19. The largest absolute Gasteiger partial charge is 0.461 e. The Morgan fingerprint density at radius 1 is 1.00 bits per heavy atom. The summed E-state index contributed by atoms with van der Waals surface area (Å²) in [5, 5.41) is 10.3. The fraction of sp³-hybridized carbons (Fsp3) is 0.0500. The Morgan fingerprint density at radius 3 is 2.54 bits per heavy atom. The molecule has 0 N–H and O–H groups in total. The number of thioether (sulfide) groups is 1. The minimum Gasteiger partial charge on any atom is -0.461 e. The molecule has 4 aromatic rings. The van der Waals surface area contributed by atoms with E-state index in [0.29, 0.717) is 32.3 Å². The lowest BCUT2D eigenvalue weighted by molar-refractivity contribution is 0.102. The van der Waals surface area contributed by atoms with E-state index in [1.54, 1.807) is 48.7 Å². The van der Waals surface area contributed by atoms with Crippen molar-refractivity contribution in [2.75, 3.05) is 5.75 Å². The molecule has 28 heavy (non-hydrogen) atoms. The molecule has 0 fully saturated rings. The highest BCUT2D eigenvalue weighted by Crippen LogP contribution is 2.29. The summed E-state index contributed by atoms with van der Waals surface area (Å²) in [5.74, 6) is 1.29. The lowest BCUT2D eigenvalue weighted by Crippen LogP contribution is -2.05. The van der Waals surface area contributed by atoms with Gasteiger partial charge in [-0.1, -0.05) is 41.0 Å². The van der Waals surface area contributed by atoms with E-state index in [4.69, 9.17) is 27.6 Å². The first kappa shape index (κ1) is 18.8. The van der Waals surface area contributed by atoms with Crippen LogP contribution in [0.5, 0.6) is 0 Å². The summed E-state index contributed by atoms with van der Waals surface area (Å²) in [5.41, 5.74) is 1.38. The number of carbonyl (C=O) groups excluding carboxylic acids is 1. The topological polar surface area (TPSA) is 60.9 Å². The van der Waals surface area contributed by atoms with Gasteiger partial charge in [-0.05, 0) is 54.6 Å². The van der Waals surface area contributed by atoms with Gasteiger partial charge in [-0.3, -0.25) is 9.36 Å². The molecule has 2 aromatic carbocycles. The molecule has 140 valence electrons. The maximum atomic E-state index is 12.5. The summed E-state index contributed by atoms with van der Waals surface area (Å²) < 4.78 is 7.31. The van der Waals surface area contributed by atoms with Gasteiger partial charge in [-0.2, -0.15) is 0 Å². The fourth-order valence-electron chi connectivity index (χ4n) is 2.63. The molecular weight excluding hydrogens is 417 g/mol. The molecule has 0 aliphatic rings. The highest BCUT2D eigenvalue weighted by molar-refractivity contribution is 7.99. The van der Waals surface area contributed by atoms with E-state index in [9.17, 15) is 4.79 Å². The lowest BCUT2D eigenvalue weighted by atomic mass is 10.1. The van der Waals surface area contributed by atoms with E-state index in [1.807, 2.05) is 22.8 Å². The number of hydrogen-bond donors (Lipinski definition) is 0. The Hall–Kier alpha value is -2.54. The Balaban J connectivity index is 1.65. The van der Waals surface area contributed by atoms with Gasteiger partial charge >= 0.3 is 0 Å². The van der Waals surface area contributed by atoms with Gasteiger partial charge in [0.2, 0.25) is 5.82 Å². The number of benzene rings is 2. The van der Waals surface area contributed by atoms with Gasteiger partial charge in [0, 0.05) is 15.6 Å². The van der Waals surface area contributed by atoms with Crippen LogP contribution in [0.1, 0.15) is 10.4 Å². The average molecular weight is 430 g/mol. The van der Waals surface area contributed by atoms with Crippen molar-refractivity contribution in [1.82, 2.24) is 14.8 Å². The molecular formula is C20H13Cl2N3O2S. The predicted octanol–water partition coefficient (Wildman–Crippen LogP) is 5.81. The van der Waals surface area contributed by atoms with Gasteiger partial charge in [-0.25, -0.2) is 0 Å². The minimum absolute atomic E-state index is 0.0261. The molecule has 0 amide bonds. The number of carbonyl (C=O) groups is 1. The molecule has 2 aromatic heterocycles. The summed E-state index contributed by atoms with van der Waals surface area (Å²) in [6.07, 6.45) is 1.57. The maximum Gasteiger partial charge on any atom is 0.205 e. The van der Waals surface area contributed by atoms with Crippen molar-refractivity contribution in [1.29, 1.82) is 0 Å². The van der Waals surface area contributed by atoms with E-state index in [1.165, 1.54) is 11.8 Å². The lowest BCUT2D eigenvalue weighted by Gasteiger charge is -2.09. The summed E-state index contributed by atoms with van der Waals surface area (Å²) in [7, 11) is 0. The molecule has 0 atom stereocenters. The molecule has 4 rings (SSSR count). The summed E-state index contributed by atoms with van der Waals surface area (Å²) >= 11 is 13.3. The molecule has 0 spiro atoms. The van der Waals surface area contributed by atoms with Gasteiger partial charge in [0.1, 0.15) is 0 Å². The Labute approximate surface area is 175 Å². The number of aromatic nitrogens is 3. The normalized spacial score (nSPS) is 10.9. The molecule has 0 radical (unpaired) electrons. The van der Waals surface area contributed by atoms with Crippen LogP contribution in [0.25, 0.3) is 17.3 Å². The standard InChI is InChI=1S/C20H13Cl2N3O2S/c21-14-8-6-13(7-9-14)17(26)12-28-20-24-23-19(18-5-2-10-27-18)25(20)16-4-1-3-15(22)11-16/h1-11H,12H2. The number of nitrogens with zero attached hydrogens (tertiary/aromatic N) is 3. The Morgan fingerprint density at radius 2 is 1.82 bits per heavy atom. The van der Waals surface area contributed by atoms with E-state index >= 15 is 0 Å². The summed E-state index contributed by atoms with van der Waals surface area (Å²) in [4.78, 5) is 12.5. The number of Topliss-reactive ketones (excluding diaryl/α,β-unsaturated/α-hetero) is 1. The van der Waals surface area contributed by atoms with E-state index in [-0.39, 0.29) is 11.5 Å². The minimum atomic E-state index is -0.0261. The Bertz CT molecular complexity index is 1110. The van der Waals surface area contributed by atoms with Crippen LogP contribution in [0.15, 0.2) is 76.5 Å². The van der Waals surface area contributed by atoms with Crippen LogP contribution < -0.4 is 0 Å². The quantitative estimate of drug-likeness (QED) is 0.285. The highest BCUT2D eigenvalue weighted by atomic mass is 35.5. The number of halogens is 2. The zero-order chi connectivity index (χ0) is 19.5. The van der Waals surface area contributed by atoms with Gasteiger partial charge < -0.3 is 4.42 Å². The van der Waals surface area contributed by atoms with Crippen molar-refractivity contribution in [2.24, 2.45) is 0 Å². The average Bonchev–Trinajstić information content (AvgIpc) is 3.36. The second kappa shape index (κ2) is 8.22. The van der Waals surface area contributed by atoms with Gasteiger partial charge in [0.25, 0.3) is 0 Å². The second-order valence-electron chi connectivity index (χ2n) is 5.82. The SMILES string of the molecule is O=C(CSc1nnc(-c2ccco2)n1-c1cccc(Cl)c1)c1ccc(Cl)cc1. The van der Waals surface area contributed by atoms with Crippen molar-refractivity contribution in [3.8, 4) is 17.3 Å². The number of rotatable bonds is 6. The predicted molar refractivity (Wildman–Crippen MR) is 111 cm³/mol. The fourth-order valence-corrected chi connectivity index (χ4v) is 3.78. The van der Waals surface area contributed by atoms with Crippen molar-refractivity contribution < 1.29 is 9.21 Å². The molecule has 0 unspecified atom stereocenters. The van der Waals surface area contributed by atoms with Crippen LogP contribution in [0, 0.1) is 0 Å². The first-order valence-electron chi connectivity index (χ1n) is 8.28.